The fraction of sp³-hybridized carbons (Fsp3) is 0.769. The lowest BCUT2D eigenvalue weighted by Gasteiger charge is -2.63. The molecule has 0 heterocycles. The Bertz CT molecular complexity index is 4700. The van der Waals surface area contributed by atoms with E-state index in [9.17, 15) is 59.4 Å². The Morgan fingerprint density at radius 1 is 0.358 bits per heavy atom. The summed E-state index contributed by atoms with van der Waals surface area (Å²) in [4.78, 5) is 76.1. The smallest absolute Gasteiger partial charge is 0.306 e. The maximum absolute atomic E-state index is 14.0. The fourth-order valence-corrected chi connectivity index (χ4v) is 37.3. The van der Waals surface area contributed by atoms with Gasteiger partial charge in [0.15, 0.2) is 5.78 Å². The Morgan fingerprint density at radius 2 is 0.679 bits per heavy atom. The largest absolute Gasteiger partial charge is 0.481 e. The van der Waals surface area contributed by atoms with Gasteiger partial charge in [-0.25, -0.2) is 0 Å². The van der Waals surface area contributed by atoms with Gasteiger partial charge in [-0.3, -0.25) is 28.8 Å². The predicted octanol–water partition coefficient (Wildman–Crippen LogP) is 24.4. The molecule has 0 radical (unpaired) electrons. The van der Waals surface area contributed by atoms with E-state index in [2.05, 4.69) is 102 Å². The Hall–Kier alpha value is -5.88. The number of carboxylic acid groups (broad SMARTS) is 1. The summed E-state index contributed by atoms with van der Waals surface area (Å²) < 4.78 is 16.6. The second-order valence-electron chi connectivity index (χ2n) is 50.9. The van der Waals surface area contributed by atoms with Crippen LogP contribution in [0.3, 0.4) is 0 Å². The molecule has 16 unspecified atom stereocenters. The Balaban J connectivity index is 0.000000133. The van der Waals surface area contributed by atoms with Crippen LogP contribution in [0.15, 0.2) is 114 Å². The molecule has 0 aliphatic heterocycles. The van der Waals surface area contributed by atoms with Crippen molar-refractivity contribution >= 4 is 35.4 Å². The summed E-state index contributed by atoms with van der Waals surface area (Å²) in [7, 11) is 0. The van der Waals surface area contributed by atoms with E-state index in [0.717, 1.165) is 164 Å². The molecule has 7 N–H and O–H groups in total. The molecule has 16 aliphatic carbocycles. The molecule has 16 heteroatoms. The van der Waals surface area contributed by atoms with Gasteiger partial charge in [-0.2, -0.15) is 0 Å². The average Bonchev–Trinajstić information content (AvgIpc) is 1.71. The lowest BCUT2D eigenvalue weighted by Crippen LogP contribution is -2.59. The number of carbonyl (C=O) groups is 6. The summed E-state index contributed by atoms with van der Waals surface area (Å²) in [5, 5.41) is 73.6. The molecule has 3 aromatic carbocycles. The molecule has 0 aromatic heterocycles. The molecule has 16 saturated carbocycles. The first-order chi connectivity index (χ1) is 65.3. The highest BCUT2D eigenvalue weighted by Gasteiger charge is 2.69. The van der Waals surface area contributed by atoms with Gasteiger partial charge < -0.3 is 50.0 Å². The van der Waals surface area contributed by atoms with E-state index >= 15 is 0 Å². The van der Waals surface area contributed by atoms with Gasteiger partial charge in [0.25, 0.3) is 0 Å². The third kappa shape index (κ3) is 20.2. The van der Waals surface area contributed by atoms with Crippen LogP contribution in [0, 0.1) is 185 Å². The molecule has 0 amide bonds. The summed E-state index contributed by atoms with van der Waals surface area (Å²) >= 11 is 0. The standard InChI is InChI=1S/C33H48O4.C33H46O4.C31H44O4.C24H40O4/c2*1-5-24-28-19-23(34)15-17-33(28,4)27-16-18-32(3)25(12-13-26(32)30(27)31(24)36)21(2)11-14-29(35)37-20-22-9-7-6-8-10-22;1-20(9-12-28(34)35-19-21-7-5-4-6-8-21)24-10-11-25-29-26(14-16-31(24,25)3)30(2)15-13-23(32)17-22(30)18-27(29)33;1-14(4-7-21(27)28)17-5-6-18-22-19(9-11-24(17,18)3)23(2)10-8-16(25)12-15(23)13-20(22)26/h5-10,21,23,25-28,30-31,34,36H,11-20H2,1-4H3;5-10,21,23,25-28,30,34H,11-20H2,1-4H3;4-8,20,22-26,29,32H,9-19H2,1-3H3;14-20,22,25-26H,4-13H2,1-3H3,(H,27,28)/b2*24-5+;;/t21-,23-,25-,26?,27?,28?,30?,31-,32-,33-;21-,23-,25-,26?,27?,28?,30?,32-,33-;20-,22?,23-,24-,25?,26?,29?,30+,31-;14-,15?,16-,17-,18?,19?,20-,22?,23+,24-/m1111/s1. The van der Waals surface area contributed by atoms with Crippen LogP contribution >= 0.6 is 0 Å². The number of allylic oxidation sites excluding steroid dienone is 3. The van der Waals surface area contributed by atoms with Crippen LogP contribution in [0.1, 0.15) is 358 Å². The highest BCUT2D eigenvalue weighted by Crippen LogP contribution is 2.75. The minimum Gasteiger partial charge on any atom is -0.481 e. The zero-order valence-electron chi connectivity index (χ0n) is 86.4. The van der Waals surface area contributed by atoms with Gasteiger partial charge in [0.05, 0.1) is 36.6 Å². The van der Waals surface area contributed by atoms with Gasteiger partial charge in [-0.1, -0.05) is 186 Å². The van der Waals surface area contributed by atoms with Crippen LogP contribution in [-0.4, -0.2) is 108 Å². The summed E-state index contributed by atoms with van der Waals surface area (Å²) in [6.45, 7) is 34.0. The molecular weight excluding hydrogens is 1710 g/mol. The van der Waals surface area contributed by atoms with Crippen molar-refractivity contribution < 1.29 is 78.7 Å². The molecule has 137 heavy (non-hydrogen) atoms. The maximum atomic E-state index is 14.0. The van der Waals surface area contributed by atoms with Crippen molar-refractivity contribution in [1.29, 1.82) is 0 Å². The highest BCUT2D eigenvalue weighted by atomic mass is 16.5. The van der Waals surface area contributed by atoms with E-state index in [4.69, 9.17) is 19.3 Å². The zero-order valence-corrected chi connectivity index (χ0v) is 86.4. The lowest BCUT2D eigenvalue weighted by atomic mass is 9.42. The number of hydrogen-bond acceptors (Lipinski definition) is 15. The molecule has 0 spiro atoms. The lowest BCUT2D eigenvalue weighted by molar-refractivity contribution is -0.174. The van der Waals surface area contributed by atoms with Crippen molar-refractivity contribution in [2.75, 3.05) is 0 Å². The molecule has 16 fully saturated rings. The molecule has 758 valence electrons. The number of carbonyl (C=O) groups excluding carboxylic acids is 5. The number of ether oxygens (including phenoxy) is 3. The summed E-state index contributed by atoms with van der Waals surface area (Å²) in [6, 6.07) is 29.6. The van der Waals surface area contributed by atoms with E-state index < -0.39 is 5.97 Å². The predicted molar refractivity (Wildman–Crippen MR) is 537 cm³/mol. The number of Topliss-reactive ketones (excluding diaryl/α,β-unsaturated/α-hetero) is 2. The second-order valence-corrected chi connectivity index (χ2v) is 50.9. The van der Waals surface area contributed by atoms with Gasteiger partial charge in [0.1, 0.15) is 25.6 Å². The molecule has 19 rings (SSSR count). The Morgan fingerprint density at radius 3 is 1.10 bits per heavy atom. The van der Waals surface area contributed by atoms with Crippen molar-refractivity contribution in [2.24, 2.45) is 185 Å². The van der Waals surface area contributed by atoms with E-state index in [1.807, 2.05) is 97.9 Å². The topological polar surface area (TPSA) is 272 Å². The number of benzene rings is 3. The number of hydrogen-bond donors (Lipinski definition) is 7. The summed E-state index contributed by atoms with van der Waals surface area (Å²) in [6.07, 6.45) is 39.2. The fourth-order valence-electron chi connectivity index (χ4n) is 37.3. The molecule has 16 nitrogen and oxygen atoms in total. The molecule has 0 saturated heterocycles. The minimum absolute atomic E-state index is 0.0991. The van der Waals surface area contributed by atoms with Crippen LogP contribution in [0.5, 0.6) is 0 Å². The number of ketones is 2. The minimum atomic E-state index is -0.684. The van der Waals surface area contributed by atoms with Gasteiger partial charge in [-0.15, -0.1) is 0 Å². The number of aliphatic carboxylic acids is 1. The van der Waals surface area contributed by atoms with E-state index in [1.54, 1.807) is 0 Å². The average molecular weight is 1890 g/mol. The van der Waals surface area contributed by atoms with E-state index in [-0.39, 0.29) is 122 Å². The molecule has 38 atom stereocenters. The first kappa shape index (κ1) is 104. The zero-order chi connectivity index (χ0) is 97.8. The normalized spacial score (nSPS) is 43.8. The third-order valence-electron chi connectivity index (χ3n) is 44.7. The Kier molecular flexibility index (Phi) is 32.2. The van der Waals surface area contributed by atoms with Gasteiger partial charge in [0.2, 0.25) is 0 Å². The van der Waals surface area contributed by atoms with Crippen molar-refractivity contribution in [3.63, 3.8) is 0 Å². The number of aliphatic hydroxyl groups excluding tert-OH is 6. The van der Waals surface area contributed by atoms with Crippen molar-refractivity contribution in [1.82, 2.24) is 0 Å². The molecule has 16 aliphatic rings. The molecule has 0 bridgehead atoms. The number of esters is 3. The summed E-state index contributed by atoms with van der Waals surface area (Å²) in [5.74, 6) is 10.4. The first-order valence-corrected chi connectivity index (χ1v) is 55.5. The number of fused-ring (bicyclic) bond motifs is 20. The quantitative estimate of drug-likeness (QED) is 0.0213. The molecular formula is C121H178O16. The van der Waals surface area contributed by atoms with Crippen LogP contribution in [0.2, 0.25) is 0 Å². The first-order valence-electron chi connectivity index (χ1n) is 55.5. The van der Waals surface area contributed by atoms with Gasteiger partial charge >= 0.3 is 23.9 Å². The highest BCUT2D eigenvalue weighted by molar-refractivity contribution is 5.99. The third-order valence-corrected chi connectivity index (χ3v) is 44.7. The van der Waals surface area contributed by atoms with Crippen molar-refractivity contribution in [3.8, 4) is 0 Å². The summed E-state index contributed by atoms with van der Waals surface area (Å²) in [5.41, 5.74) is 6.88. The SMILES string of the molecule is C/C=C1/C(=O)C2C(CC[C@@]3(C)C2CC[C@@H]3[C@H](C)CCC(=O)OCc2ccccc2)[C@@]2(C)CC[C@@H](O)CC12.C/C=C1\C2C[C@H](O)CC[C@]2(C)C2CC[C@@]3(C)C(CC[C@@H]3[C@H](C)CCC(=O)OCc3ccccc3)C2[C@@H]1O.C[C@H](CCC(=O)O)[C@H]1CCC2C3C(CC[C@@]21C)[C@@]1(C)CC[C@@H](O)CC1C[C@H]3O.C[C@H](CCC(=O)OCc1ccccc1)[C@H]1CCC2C3C(=O)CC4C[C@H](O)CC[C@]4(C)C3CC[C@@]21C. The van der Waals surface area contributed by atoms with Gasteiger partial charge in [-0.05, 0) is 427 Å². The number of rotatable bonds is 22. The van der Waals surface area contributed by atoms with Crippen molar-refractivity contribution in [2.45, 2.75) is 397 Å². The maximum Gasteiger partial charge on any atom is 0.306 e. The van der Waals surface area contributed by atoms with Crippen LogP contribution in [0.25, 0.3) is 0 Å². The second kappa shape index (κ2) is 42.4. The number of aliphatic hydroxyl groups is 6. The van der Waals surface area contributed by atoms with Crippen LogP contribution in [0.4, 0.5) is 0 Å². The molecule has 3 aromatic rings. The number of carboxylic acids is 1. The van der Waals surface area contributed by atoms with Gasteiger partial charge in [0, 0.05) is 43.9 Å². The van der Waals surface area contributed by atoms with Crippen LogP contribution in [-0.2, 0) is 62.8 Å². The van der Waals surface area contributed by atoms with Crippen LogP contribution < -0.4 is 0 Å². The van der Waals surface area contributed by atoms with E-state index in [0.29, 0.717) is 181 Å². The van der Waals surface area contributed by atoms with Crippen molar-refractivity contribution in [3.05, 3.63) is 131 Å². The monoisotopic (exact) mass is 1890 g/mol. The Labute approximate surface area is 823 Å². The van der Waals surface area contributed by atoms with E-state index in [1.165, 1.54) is 76.2 Å².